The van der Waals surface area contributed by atoms with Gasteiger partial charge in [-0.2, -0.15) is 0 Å². The van der Waals surface area contributed by atoms with Crippen molar-refractivity contribution in [3.63, 3.8) is 0 Å². The van der Waals surface area contributed by atoms with Gasteiger partial charge in [-0.25, -0.2) is 0 Å². The van der Waals surface area contributed by atoms with Crippen molar-refractivity contribution in [2.75, 3.05) is 13.2 Å². The summed E-state index contributed by atoms with van der Waals surface area (Å²) in [5, 5.41) is 0.760. The van der Waals surface area contributed by atoms with Gasteiger partial charge in [0.15, 0.2) is 0 Å². The van der Waals surface area contributed by atoms with Crippen LogP contribution in [0.3, 0.4) is 0 Å². The first kappa shape index (κ1) is 10.5. The van der Waals surface area contributed by atoms with Crippen LogP contribution in [0.25, 0.3) is 6.08 Å². The fourth-order valence-corrected chi connectivity index (χ4v) is 1.98. The van der Waals surface area contributed by atoms with Gasteiger partial charge >= 0.3 is 0 Å². The van der Waals surface area contributed by atoms with Crippen LogP contribution >= 0.6 is 11.6 Å². The zero-order valence-electron chi connectivity index (χ0n) is 8.72. The molecule has 80 valence electrons. The van der Waals surface area contributed by atoms with Crippen molar-refractivity contribution in [3.05, 3.63) is 33.9 Å². The molecule has 0 spiro atoms. The minimum Gasteiger partial charge on any atom is -0.492 e. The van der Waals surface area contributed by atoms with Crippen LogP contribution in [0, 0.1) is 0 Å². The van der Waals surface area contributed by atoms with E-state index in [-0.39, 0.29) is 0 Å². The number of benzene rings is 1. The number of halogens is 1. The van der Waals surface area contributed by atoms with Gasteiger partial charge in [0.05, 0.1) is 6.61 Å². The Morgan fingerprint density at radius 3 is 3.13 bits per heavy atom. The van der Waals surface area contributed by atoms with Crippen molar-refractivity contribution in [2.24, 2.45) is 5.73 Å². The van der Waals surface area contributed by atoms with E-state index >= 15 is 0 Å². The summed E-state index contributed by atoms with van der Waals surface area (Å²) < 4.78 is 5.59. The largest absolute Gasteiger partial charge is 0.492 e. The van der Waals surface area contributed by atoms with Crippen molar-refractivity contribution in [1.82, 2.24) is 0 Å². The molecule has 3 heteroatoms. The van der Waals surface area contributed by atoms with Gasteiger partial charge < -0.3 is 10.5 Å². The summed E-state index contributed by atoms with van der Waals surface area (Å²) in [7, 11) is 0. The molecule has 1 aliphatic heterocycles. The van der Waals surface area contributed by atoms with Crippen LogP contribution in [0.4, 0.5) is 0 Å². The minimum atomic E-state index is 0.557. The van der Waals surface area contributed by atoms with Gasteiger partial charge in [-0.15, -0.1) is 0 Å². The first-order valence-electron chi connectivity index (χ1n) is 5.03. The van der Waals surface area contributed by atoms with Crippen molar-refractivity contribution in [2.45, 2.75) is 13.3 Å². The molecule has 0 amide bonds. The van der Waals surface area contributed by atoms with E-state index in [9.17, 15) is 0 Å². The normalized spacial score (nSPS) is 15.0. The third-order valence-corrected chi connectivity index (χ3v) is 2.72. The molecule has 1 heterocycles. The maximum Gasteiger partial charge on any atom is 0.129 e. The monoisotopic (exact) mass is 223 g/mol. The van der Waals surface area contributed by atoms with Gasteiger partial charge in [-0.1, -0.05) is 23.3 Å². The molecule has 2 nitrogen and oxygen atoms in total. The van der Waals surface area contributed by atoms with Crippen molar-refractivity contribution < 1.29 is 4.74 Å². The molecule has 2 N–H and O–H groups in total. The lowest BCUT2D eigenvalue weighted by Gasteiger charge is -2.06. The molecule has 0 saturated heterocycles. The Morgan fingerprint density at radius 1 is 1.60 bits per heavy atom. The van der Waals surface area contributed by atoms with Gasteiger partial charge in [-0.3, -0.25) is 0 Å². The van der Waals surface area contributed by atoms with Crippen LogP contribution < -0.4 is 10.5 Å². The summed E-state index contributed by atoms with van der Waals surface area (Å²) in [6.07, 6.45) is 2.98. The SMILES string of the molecule is C/C(=C/c1cc(Cl)cc2c1OCC2)CN. The van der Waals surface area contributed by atoms with Crippen molar-refractivity contribution in [3.8, 4) is 5.75 Å². The summed E-state index contributed by atoms with van der Waals surface area (Å²) in [5.41, 5.74) is 8.91. The summed E-state index contributed by atoms with van der Waals surface area (Å²) >= 11 is 6.04. The molecular weight excluding hydrogens is 210 g/mol. The smallest absolute Gasteiger partial charge is 0.129 e. The average molecular weight is 224 g/mol. The maximum absolute atomic E-state index is 6.04. The van der Waals surface area contributed by atoms with Crippen LogP contribution in [0.1, 0.15) is 18.1 Å². The highest BCUT2D eigenvalue weighted by Gasteiger charge is 2.16. The molecule has 15 heavy (non-hydrogen) atoms. The molecule has 1 aromatic carbocycles. The molecule has 0 aliphatic carbocycles. The Balaban J connectivity index is 2.47. The van der Waals surface area contributed by atoms with Crippen molar-refractivity contribution in [1.29, 1.82) is 0 Å². The van der Waals surface area contributed by atoms with Crippen LogP contribution in [-0.4, -0.2) is 13.2 Å². The van der Waals surface area contributed by atoms with E-state index in [4.69, 9.17) is 22.1 Å². The van der Waals surface area contributed by atoms with E-state index < -0.39 is 0 Å². The van der Waals surface area contributed by atoms with E-state index in [0.717, 1.165) is 34.9 Å². The van der Waals surface area contributed by atoms with Gasteiger partial charge in [0.25, 0.3) is 0 Å². The fourth-order valence-electron chi connectivity index (χ4n) is 1.73. The van der Waals surface area contributed by atoms with Crippen molar-refractivity contribution >= 4 is 17.7 Å². The lowest BCUT2D eigenvalue weighted by atomic mass is 10.1. The molecule has 1 aromatic rings. The first-order chi connectivity index (χ1) is 7.20. The summed E-state index contributed by atoms with van der Waals surface area (Å²) in [4.78, 5) is 0. The third-order valence-electron chi connectivity index (χ3n) is 2.50. The highest BCUT2D eigenvalue weighted by molar-refractivity contribution is 6.30. The Kier molecular flexibility index (Phi) is 2.98. The first-order valence-corrected chi connectivity index (χ1v) is 5.41. The molecule has 0 aromatic heterocycles. The fraction of sp³-hybridized carbons (Fsp3) is 0.333. The lowest BCUT2D eigenvalue weighted by Crippen LogP contribution is -1.99. The zero-order valence-corrected chi connectivity index (χ0v) is 9.47. The molecular formula is C12H14ClNO. The van der Waals surface area contributed by atoms with Gasteiger partial charge in [0, 0.05) is 23.6 Å². The predicted molar refractivity (Wildman–Crippen MR) is 63.4 cm³/mol. The molecule has 0 atom stereocenters. The second-order valence-electron chi connectivity index (χ2n) is 3.78. The molecule has 1 aliphatic rings. The highest BCUT2D eigenvalue weighted by atomic mass is 35.5. The second-order valence-corrected chi connectivity index (χ2v) is 4.21. The second kappa shape index (κ2) is 4.25. The Hall–Kier alpha value is -0.990. The van der Waals surface area contributed by atoms with E-state index in [0.29, 0.717) is 6.54 Å². The topological polar surface area (TPSA) is 35.2 Å². The Bertz CT molecular complexity index is 412. The third kappa shape index (κ3) is 2.16. The average Bonchev–Trinajstić information content (AvgIpc) is 2.65. The quantitative estimate of drug-likeness (QED) is 0.837. The molecule has 0 bridgehead atoms. The van der Waals surface area contributed by atoms with Crippen LogP contribution in [0.5, 0.6) is 5.75 Å². The number of hydrogen-bond donors (Lipinski definition) is 1. The van der Waals surface area contributed by atoms with Crippen LogP contribution in [0.2, 0.25) is 5.02 Å². The van der Waals surface area contributed by atoms with Gasteiger partial charge in [0.1, 0.15) is 5.75 Å². The summed E-state index contributed by atoms with van der Waals surface area (Å²) in [6, 6.07) is 3.89. The van der Waals surface area contributed by atoms with Gasteiger partial charge in [-0.05, 0) is 24.6 Å². The Labute approximate surface area is 94.7 Å². The minimum absolute atomic E-state index is 0.557. The predicted octanol–water partition coefficient (Wildman–Crippen LogP) is 2.64. The number of rotatable bonds is 2. The number of hydrogen-bond acceptors (Lipinski definition) is 2. The van der Waals surface area contributed by atoms with E-state index in [1.54, 1.807) is 0 Å². The molecule has 0 fully saturated rings. The number of fused-ring (bicyclic) bond motifs is 1. The molecule has 0 saturated carbocycles. The molecule has 0 radical (unpaired) electrons. The summed E-state index contributed by atoms with van der Waals surface area (Å²) in [6.45, 7) is 3.31. The molecule has 0 unspecified atom stereocenters. The number of ether oxygens (including phenoxy) is 1. The van der Waals surface area contributed by atoms with Crippen LogP contribution in [-0.2, 0) is 6.42 Å². The lowest BCUT2D eigenvalue weighted by molar-refractivity contribution is 0.356. The standard InChI is InChI=1S/C12H14ClNO/c1-8(7-14)4-10-6-11(13)5-9-2-3-15-12(9)10/h4-6H,2-3,7,14H2,1H3/b8-4-. The van der Waals surface area contributed by atoms with E-state index in [1.807, 2.05) is 25.1 Å². The highest BCUT2D eigenvalue weighted by Crippen LogP contribution is 2.34. The van der Waals surface area contributed by atoms with Gasteiger partial charge in [0.2, 0.25) is 0 Å². The Morgan fingerprint density at radius 2 is 2.40 bits per heavy atom. The molecule has 2 rings (SSSR count). The zero-order chi connectivity index (χ0) is 10.8. The maximum atomic E-state index is 6.04. The number of nitrogens with two attached hydrogens (primary N) is 1. The van der Waals surface area contributed by atoms with E-state index in [2.05, 4.69) is 0 Å². The van der Waals surface area contributed by atoms with E-state index in [1.165, 1.54) is 5.56 Å². The van der Waals surface area contributed by atoms with Crippen LogP contribution in [0.15, 0.2) is 17.7 Å². The summed E-state index contributed by atoms with van der Waals surface area (Å²) in [5.74, 6) is 0.965.